The van der Waals surface area contributed by atoms with Crippen molar-refractivity contribution in [3.05, 3.63) is 69.9 Å². The highest BCUT2D eigenvalue weighted by Crippen LogP contribution is 2.37. The Kier molecular flexibility index (Phi) is 4.52. The van der Waals surface area contributed by atoms with Crippen molar-refractivity contribution in [1.29, 1.82) is 0 Å². The number of likely N-dealkylation sites (tertiary alicyclic amines) is 1. The molecule has 1 saturated heterocycles. The van der Waals surface area contributed by atoms with E-state index in [0.717, 1.165) is 42.6 Å². The van der Waals surface area contributed by atoms with Gasteiger partial charge in [-0.1, -0.05) is 47.5 Å². The normalized spacial score (nSPS) is 17.4. The summed E-state index contributed by atoms with van der Waals surface area (Å²) in [6.45, 7) is 5.49. The summed E-state index contributed by atoms with van der Waals surface area (Å²) in [4.78, 5) is 30.0. The second kappa shape index (κ2) is 6.86. The molecule has 0 unspecified atom stereocenters. The molecule has 0 atom stereocenters. The average molecular weight is 381 g/mol. The number of hydrogen-bond acceptors (Lipinski definition) is 3. The number of benzene rings is 2. The fraction of sp³-hybridized carbons (Fsp3) is 0.273. The van der Waals surface area contributed by atoms with Gasteiger partial charge in [0.15, 0.2) is 0 Å². The van der Waals surface area contributed by atoms with Crippen molar-refractivity contribution in [3.8, 4) is 0 Å². The molecule has 5 heteroatoms. The van der Waals surface area contributed by atoms with Crippen LogP contribution in [0.2, 0.25) is 5.02 Å². The second-order valence-electron chi connectivity index (χ2n) is 7.16. The minimum absolute atomic E-state index is 0.266. The van der Waals surface area contributed by atoms with Crippen LogP contribution in [0.25, 0.3) is 5.57 Å². The third kappa shape index (κ3) is 3.04. The molecule has 0 aromatic heterocycles. The molecule has 1 fully saturated rings. The van der Waals surface area contributed by atoms with Crippen molar-refractivity contribution in [2.45, 2.75) is 26.7 Å². The fourth-order valence-electron chi connectivity index (χ4n) is 3.69. The molecule has 27 heavy (non-hydrogen) atoms. The Morgan fingerprint density at radius 2 is 1.56 bits per heavy atom. The highest BCUT2D eigenvalue weighted by atomic mass is 35.5. The molecular weight excluding hydrogens is 360 g/mol. The maximum Gasteiger partial charge on any atom is 0.282 e. The van der Waals surface area contributed by atoms with Gasteiger partial charge in [0.05, 0.1) is 11.3 Å². The van der Waals surface area contributed by atoms with Gasteiger partial charge in [-0.15, -0.1) is 0 Å². The summed E-state index contributed by atoms with van der Waals surface area (Å²) in [5.74, 6) is -0.553. The minimum Gasteiger partial charge on any atom is -0.366 e. The van der Waals surface area contributed by atoms with Crippen LogP contribution in [0.15, 0.2) is 48.2 Å². The molecule has 0 spiro atoms. The summed E-state index contributed by atoms with van der Waals surface area (Å²) >= 11 is 6.25. The maximum absolute atomic E-state index is 13.3. The first-order valence-electron chi connectivity index (χ1n) is 9.18. The van der Waals surface area contributed by atoms with Crippen molar-refractivity contribution in [2.24, 2.45) is 0 Å². The van der Waals surface area contributed by atoms with Gasteiger partial charge in [0.25, 0.3) is 11.8 Å². The topological polar surface area (TPSA) is 40.6 Å². The third-order valence-electron chi connectivity index (χ3n) is 5.24. The predicted molar refractivity (Wildman–Crippen MR) is 108 cm³/mol. The van der Waals surface area contributed by atoms with Crippen LogP contribution in [0.5, 0.6) is 0 Å². The van der Waals surface area contributed by atoms with Crippen LogP contribution < -0.4 is 4.90 Å². The zero-order chi connectivity index (χ0) is 19.1. The summed E-state index contributed by atoms with van der Waals surface area (Å²) in [7, 11) is 0. The van der Waals surface area contributed by atoms with Crippen LogP contribution in [0.4, 0.5) is 5.69 Å². The Morgan fingerprint density at radius 1 is 0.889 bits per heavy atom. The second-order valence-corrected chi connectivity index (χ2v) is 7.57. The number of carbonyl (C=O) groups excluding carboxylic acids is 2. The number of carbonyl (C=O) groups is 2. The highest BCUT2D eigenvalue weighted by Gasteiger charge is 2.43. The molecule has 4 nitrogen and oxygen atoms in total. The number of imide groups is 1. The van der Waals surface area contributed by atoms with Crippen LogP contribution in [0.1, 0.15) is 29.5 Å². The summed E-state index contributed by atoms with van der Waals surface area (Å²) < 4.78 is 0. The van der Waals surface area contributed by atoms with E-state index in [9.17, 15) is 9.59 Å². The first-order chi connectivity index (χ1) is 13.0. The van der Waals surface area contributed by atoms with E-state index in [1.807, 2.05) is 49.1 Å². The number of anilines is 1. The van der Waals surface area contributed by atoms with Crippen LogP contribution in [-0.2, 0) is 9.59 Å². The van der Waals surface area contributed by atoms with Gasteiger partial charge in [0.2, 0.25) is 0 Å². The number of halogens is 1. The zero-order valence-electron chi connectivity index (χ0n) is 15.5. The standard InChI is InChI=1S/C22H21ClN2O2/c1-14-5-8-16(9-6-14)19-20(24-11-3-4-12-24)22(27)25(21(19)26)17-10-7-15(2)18(23)13-17/h5-10,13H,3-4,11-12H2,1-2H3. The van der Waals surface area contributed by atoms with Crippen LogP contribution in [0.3, 0.4) is 0 Å². The number of amides is 2. The van der Waals surface area contributed by atoms with E-state index in [1.165, 1.54) is 4.90 Å². The summed E-state index contributed by atoms with van der Waals surface area (Å²) in [6, 6.07) is 13.1. The molecule has 4 rings (SSSR count). The number of aryl methyl sites for hydroxylation is 2. The number of nitrogens with zero attached hydrogens (tertiary/aromatic N) is 2. The van der Waals surface area contributed by atoms with Crippen molar-refractivity contribution in [2.75, 3.05) is 18.0 Å². The van der Waals surface area contributed by atoms with E-state index in [1.54, 1.807) is 12.1 Å². The Balaban J connectivity index is 1.83. The van der Waals surface area contributed by atoms with Crippen molar-refractivity contribution in [3.63, 3.8) is 0 Å². The monoisotopic (exact) mass is 380 g/mol. The number of rotatable bonds is 3. The lowest BCUT2D eigenvalue weighted by Crippen LogP contribution is -2.34. The summed E-state index contributed by atoms with van der Waals surface area (Å²) in [5.41, 5.74) is 4.31. The number of hydrogen-bond donors (Lipinski definition) is 0. The Hall–Kier alpha value is -2.59. The van der Waals surface area contributed by atoms with Gasteiger partial charge in [-0.25, -0.2) is 4.90 Å². The summed E-state index contributed by atoms with van der Waals surface area (Å²) in [5, 5.41) is 0.541. The van der Waals surface area contributed by atoms with Crippen molar-refractivity contribution in [1.82, 2.24) is 4.90 Å². The highest BCUT2D eigenvalue weighted by molar-refractivity contribution is 6.45. The third-order valence-corrected chi connectivity index (χ3v) is 5.64. The molecule has 138 valence electrons. The van der Waals surface area contributed by atoms with Crippen molar-refractivity contribution < 1.29 is 9.59 Å². The molecule has 2 aliphatic heterocycles. The van der Waals surface area contributed by atoms with Crippen molar-refractivity contribution >= 4 is 34.7 Å². The molecule has 0 bridgehead atoms. The quantitative estimate of drug-likeness (QED) is 0.744. The predicted octanol–water partition coefficient (Wildman–Crippen LogP) is 4.34. The molecular formula is C22H21ClN2O2. The van der Waals surface area contributed by atoms with Gasteiger partial charge >= 0.3 is 0 Å². The van der Waals surface area contributed by atoms with E-state index < -0.39 is 0 Å². The summed E-state index contributed by atoms with van der Waals surface area (Å²) in [6.07, 6.45) is 2.06. The lowest BCUT2D eigenvalue weighted by Gasteiger charge is -2.20. The molecule has 2 aliphatic rings. The van der Waals surface area contributed by atoms with E-state index in [-0.39, 0.29) is 11.8 Å². The largest absolute Gasteiger partial charge is 0.366 e. The molecule has 2 amide bonds. The smallest absolute Gasteiger partial charge is 0.282 e. The van der Waals surface area contributed by atoms with Crippen LogP contribution in [0, 0.1) is 13.8 Å². The first-order valence-corrected chi connectivity index (χ1v) is 9.56. The SMILES string of the molecule is Cc1ccc(C2=C(N3CCCC3)C(=O)N(c3ccc(C)c(Cl)c3)C2=O)cc1. The average Bonchev–Trinajstić information content (AvgIpc) is 3.25. The van der Waals surface area contributed by atoms with Gasteiger partial charge in [-0.05, 0) is 49.9 Å². The van der Waals surface area contributed by atoms with Gasteiger partial charge in [0, 0.05) is 18.1 Å². The molecule has 2 heterocycles. The van der Waals surface area contributed by atoms with E-state index >= 15 is 0 Å². The molecule has 0 radical (unpaired) electrons. The lowest BCUT2D eigenvalue weighted by molar-refractivity contribution is -0.120. The molecule has 2 aromatic carbocycles. The Labute approximate surface area is 164 Å². The maximum atomic E-state index is 13.3. The minimum atomic E-state index is -0.286. The van der Waals surface area contributed by atoms with E-state index in [0.29, 0.717) is 22.0 Å². The first kappa shape index (κ1) is 17.8. The Morgan fingerprint density at radius 3 is 2.19 bits per heavy atom. The van der Waals surface area contributed by atoms with Gasteiger partial charge in [0.1, 0.15) is 5.70 Å². The molecule has 0 aliphatic carbocycles. The molecule has 0 N–H and O–H groups in total. The van der Waals surface area contributed by atoms with Crippen LogP contribution in [-0.4, -0.2) is 29.8 Å². The van der Waals surface area contributed by atoms with Gasteiger partial charge in [-0.2, -0.15) is 0 Å². The molecule has 0 saturated carbocycles. The lowest BCUT2D eigenvalue weighted by atomic mass is 10.0. The zero-order valence-corrected chi connectivity index (χ0v) is 16.2. The van der Waals surface area contributed by atoms with Gasteiger partial charge in [-0.3, -0.25) is 9.59 Å². The van der Waals surface area contributed by atoms with E-state index in [4.69, 9.17) is 11.6 Å². The van der Waals surface area contributed by atoms with Gasteiger partial charge < -0.3 is 4.90 Å². The van der Waals surface area contributed by atoms with E-state index in [2.05, 4.69) is 0 Å². The Bertz CT molecular complexity index is 957. The van der Waals surface area contributed by atoms with Crippen LogP contribution >= 0.6 is 11.6 Å². The fourth-order valence-corrected chi connectivity index (χ4v) is 3.86. The molecule has 2 aromatic rings.